The summed E-state index contributed by atoms with van der Waals surface area (Å²) < 4.78 is 10.8. The van der Waals surface area contributed by atoms with Gasteiger partial charge in [-0.25, -0.2) is 0 Å². The largest absolute Gasteiger partial charge is 0.466 e. The summed E-state index contributed by atoms with van der Waals surface area (Å²) in [6, 6.07) is 9.03. The first-order valence-corrected chi connectivity index (χ1v) is 11.1. The molecule has 1 aromatic carbocycles. The summed E-state index contributed by atoms with van der Waals surface area (Å²) in [5.74, 6) is 0.683. The average molecular weight is 417 g/mol. The van der Waals surface area contributed by atoms with Gasteiger partial charge < -0.3 is 19.7 Å². The van der Waals surface area contributed by atoms with Crippen LogP contribution in [0.25, 0.3) is 0 Å². The lowest BCUT2D eigenvalue weighted by atomic mass is 9.98. The quantitative estimate of drug-likeness (QED) is 0.436. The molecule has 166 valence electrons. The molecule has 0 aromatic heterocycles. The van der Waals surface area contributed by atoms with Gasteiger partial charge in [-0.1, -0.05) is 29.8 Å². The predicted molar refractivity (Wildman–Crippen MR) is 119 cm³/mol. The smallest absolute Gasteiger partial charge is 0.310 e. The summed E-state index contributed by atoms with van der Waals surface area (Å²) in [6.07, 6.45) is 1.85. The van der Waals surface area contributed by atoms with Crippen LogP contribution in [0.5, 0.6) is 0 Å². The molecule has 7 heteroatoms. The number of ether oxygens (including phenoxy) is 2. The van der Waals surface area contributed by atoms with Crippen LogP contribution < -0.4 is 5.32 Å². The molecule has 2 fully saturated rings. The van der Waals surface area contributed by atoms with Gasteiger partial charge in [0.25, 0.3) is 0 Å². The van der Waals surface area contributed by atoms with E-state index in [2.05, 4.69) is 51.3 Å². The summed E-state index contributed by atoms with van der Waals surface area (Å²) in [7, 11) is 1.81. The Morgan fingerprint density at radius 3 is 2.67 bits per heavy atom. The highest BCUT2D eigenvalue weighted by Gasteiger charge is 2.29. The van der Waals surface area contributed by atoms with Crippen molar-refractivity contribution in [1.29, 1.82) is 0 Å². The molecule has 0 aliphatic carbocycles. The molecule has 0 bridgehead atoms. The summed E-state index contributed by atoms with van der Waals surface area (Å²) >= 11 is 0. The molecule has 2 saturated heterocycles. The lowest BCUT2D eigenvalue weighted by molar-refractivity contribution is -0.149. The van der Waals surface area contributed by atoms with E-state index in [4.69, 9.17) is 9.47 Å². The van der Waals surface area contributed by atoms with Crippen molar-refractivity contribution >= 4 is 11.9 Å². The van der Waals surface area contributed by atoms with E-state index in [1.165, 1.54) is 11.1 Å². The third-order valence-corrected chi connectivity index (χ3v) is 5.95. The molecule has 0 amide bonds. The van der Waals surface area contributed by atoms with Crippen molar-refractivity contribution in [2.24, 2.45) is 10.9 Å². The Balaban J connectivity index is 1.66. The zero-order valence-corrected chi connectivity index (χ0v) is 18.6. The van der Waals surface area contributed by atoms with E-state index in [1.807, 2.05) is 14.0 Å². The highest BCUT2D eigenvalue weighted by Crippen LogP contribution is 2.23. The molecule has 2 unspecified atom stereocenters. The maximum atomic E-state index is 12.2. The van der Waals surface area contributed by atoms with Crippen molar-refractivity contribution in [3.8, 4) is 0 Å². The molecule has 7 nitrogen and oxygen atoms in total. The number of rotatable bonds is 6. The van der Waals surface area contributed by atoms with Crippen LogP contribution in [0.1, 0.15) is 36.9 Å². The van der Waals surface area contributed by atoms with Gasteiger partial charge in [0, 0.05) is 39.8 Å². The van der Waals surface area contributed by atoms with Crippen molar-refractivity contribution in [3.05, 3.63) is 35.4 Å². The van der Waals surface area contributed by atoms with Gasteiger partial charge in [0.2, 0.25) is 0 Å². The van der Waals surface area contributed by atoms with Crippen LogP contribution in [-0.2, 0) is 14.3 Å². The SMILES string of the molecule is CCOC(=O)C1CCCN(C(=NC)NCC(c2ccc(C)cc2)N2CCOCC2)C1. The van der Waals surface area contributed by atoms with Crippen LogP contribution in [0.2, 0.25) is 0 Å². The van der Waals surface area contributed by atoms with E-state index < -0.39 is 0 Å². The molecular formula is C23H36N4O3. The third-order valence-electron chi connectivity index (χ3n) is 5.95. The lowest BCUT2D eigenvalue weighted by Crippen LogP contribution is -2.50. The minimum Gasteiger partial charge on any atom is -0.466 e. The number of guanidine groups is 1. The number of aryl methyl sites for hydroxylation is 1. The van der Waals surface area contributed by atoms with Gasteiger partial charge in [-0.15, -0.1) is 0 Å². The molecule has 2 heterocycles. The average Bonchev–Trinajstić information content (AvgIpc) is 2.78. The van der Waals surface area contributed by atoms with Crippen molar-refractivity contribution in [2.45, 2.75) is 32.7 Å². The number of nitrogens with zero attached hydrogens (tertiary/aromatic N) is 3. The van der Waals surface area contributed by atoms with Gasteiger partial charge in [-0.05, 0) is 32.3 Å². The third kappa shape index (κ3) is 5.95. The highest BCUT2D eigenvalue weighted by atomic mass is 16.5. The fourth-order valence-electron chi connectivity index (χ4n) is 4.28. The molecule has 2 atom stereocenters. The first-order valence-electron chi connectivity index (χ1n) is 11.1. The number of esters is 1. The number of likely N-dealkylation sites (tertiary alicyclic amines) is 1. The second kappa shape index (κ2) is 11.3. The second-order valence-electron chi connectivity index (χ2n) is 8.04. The Hall–Kier alpha value is -2.12. The molecule has 1 N–H and O–H groups in total. The number of carbonyl (C=O) groups is 1. The molecule has 0 spiro atoms. The summed E-state index contributed by atoms with van der Waals surface area (Å²) in [6.45, 7) is 10.1. The van der Waals surface area contributed by atoms with Gasteiger partial charge in [0.1, 0.15) is 0 Å². The van der Waals surface area contributed by atoms with Crippen molar-refractivity contribution < 1.29 is 14.3 Å². The van der Waals surface area contributed by atoms with E-state index in [0.29, 0.717) is 13.2 Å². The zero-order chi connectivity index (χ0) is 21.3. The van der Waals surface area contributed by atoms with E-state index in [9.17, 15) is 4.79 Å². The van der Waals surface area contributed by atoms with Crippen LogP contribution in [0.3, 0.4) is 0 Å². The lowest BCUT2D eigenvalue weighted by Gasteiger charge is -2.37. The van der Waals surface area contributed by atoms with Crippen LogP contribution in [0, 0.1) is 12.8 Å². The maximum absolute atomic E-state index is 12.2. The number of hydrogen-bond acceptors (Lipinski definition) is 5. The molecule has 30 heavy (non-hydrogen) atoms. The molecule has 2 aliphatic rings. The van der Waals surface area contributed by atoms with Crippen molar-refractivity contribution in [1.82, 2.24) is 15.1 Å². The minimum absolute atomic E-state index is 0.0793. The van der Waals surface area contributed by atoms with Crippen molar-refractivity contribution in [3.63, 3.8) is 0 Å². The Morgan fingerprint density at radius 1 is 1.27 bits per heavy atom. The maximum Gasteiger partial charge on any atom is 0.310 e. The summed E-state index contributed by atoms with van der Waals surface area (Å²) in [5, 5.41) is 3.58. The van der Waals surface area contributed by atoms with E-state index in [-0.39, 0.29) is 17.9 Å². The van der Waals surface area contributed by atoms with Gasteiger partial charge in [0.15, 0.2) is 5.96 Å². The highest BCUT2D eigenvalue weighted by molar-refractivity contribution is 5.81. The van der Waals surface area contributed by atoms with Crippen LogP contribution >= 0.6 is 0 Å². The standard InChI is InChI=1S/C23H36N4O3/c1-4-30-22(28)20-6-5-11-27(17-20)23(24-3)25-16-21(26-12-14-29-15-13-26)19-9-7-18(2)8-10-19/h7-10,20-21H,4-6,11-17H2,1-3H3,(H,24,25). The topological polar surface area (TPSA) is 66.4 Å². The van der Waals surface area contributed by atoms with E-state index >= 15 is 0 Å². The van der Waals surface area contributed by atoms with Crippen molar-refractivity contribution in [2.75, 3.05) is 59.6 Å². The number of aliphatic imine (C=N–C) groups is 1. The molecule has 1 aromatic rings. The number of morpholine rings is 1. The van der Waals surface area contributed by atoms with Gasteiger partial charge >= 0.3 is 5.97 Å². The number of nitrogens with one attached hydrogen (secondary N) is 1. The van der Waals surface area contributed by atoms with E-state index in [0.717, 1.165) is 58.2 Å². The normalized spacial score (nSPS) is 21.9. The predicted octanol–water partition coefficient (Wildman–Crippen LogP) is 2.22. The monoisotopic (exact) mass is 416 g/mol. The van der Waals surface area contributed by atoms with E-state index in [1.54, 1.807) is 0 Å². The fourth-order valence-corrected chi connectivity index (χ4v) is 4.28. The first kappa shape index (κ1) is 22.6. The molecule has 0 radical (unpaired) electrons. The minimum atomic E-state index is -0.0940. The van der Waals surface area contributed by atoms with Gasteiger partial charge in [-0.3, -0.25) is 14.7 Å². The fraction of sp³-hybridized carbons (Fsp3) is 0.652. The van der Waals surface area contributed by atoms with Crippen LogP contribution in [-0.4, -0.2) is 81.3 Å². The van der Waals surface area contributed by atoms with Gasteiger partial charge in [0.05, 0.1) is 31.8 Å². The van der Waals surface area contributed by atoms with Crippen LogP contribution in [0.15, 0.2) is 29.3 Å². The number of carbonyl (C=O) groups excluding carboxylic acids is 1. The Morgan fingerprint density at radius 2 is 2.00 bits per heavy atom. The zero-order valence-electron chi connectivity index (χ0n) is 18.6. The number of benzene rings is 1. The first-order chi connectivity index (χ1) is 14.6. The molecule has 0 saturated carbocycles. The second-order valence-corrected chi connectivity index (χ2v) is 8.04. The number of piperidine rings is 1. The number of hydrogen-bond donors (Lipinski definition) is 1. The Bertz CT molecular complexity index is 701. The Labute approximate surface area is 180 Å². The van der Waals surface area contributed by atoms with Crippen LogP contribution in [0.4, 0.5) is 0 Å². The molecular weight excluding hydrogens is 380 g/mol. The molecule has 3 rings (SSSR count). The van der Waals surface area contributed by atoms with Gasteiger partial charge in [-0.2, -0.15) is 0 Å². The summed E-state index contributed by atoms with van der Waals surface area (Å²) in [4.78, 5) is 21.4. The summed E-state index contributed by atoms with van der Waals surface area (Å²) in [5.41, 5.74) is 2.56. The molecule has 2 aliphatic heterocycles. The Kier molecular flexibility index (Phi) is 8.51.